The van der Waals surface area contributed by atoms with E-state index in [2.05, 4.69) is 58.4 Å². The number of amides is 3. The first-order chi connectivity index (χ1) is 48.7. The number of benzene rings is 6. The maximum atomic E-state index is 14.8. The Balaban J connectivity index is 0.000000176. The summed E-state index contributed by atoms with van der Waals surface area (Å²) in [6.45, 7) is 7.23. The molecule has 3 amide bonds. The van der Waals surface area contributed by atoms with E-state index in [0.29, 0.717) is 45.9 Å². The van der Waals surface area contributed by atoms with Gasteiger partial charge >= 0.3 is 23.7 Å². The van der Waals surface area contributed by atoms with Crippen molar-refractivity contribution in [1.29, 1.82) is 0 Å². The summed E-state index contributed by atoms with van der Waals surface area (Å²) in [5, 5.41) is 33.4. The van der Waals surface area contributed by atoms with E-state index in [4.69, 9.17) is 24.0 Å². The van der Waals surface area contributed by atoms with Gasteiger partial charge in [0.15, 0.2) is 29.0 Å². The van der Waals surface area contributed by atoms with E-state index in [-0.39, 0.29) is 66.1 Å². The molecule has 516 valence electrons. The molecule has 9 aromatic rings. The number of carbonyl (C=O) groups is 7. The Morgan fingerprint density at radius 1 is 0.485 bits per heavy atom. The molecule has 3 atom stereocenters. The van der Waals surface area contributed by atoms with Gasteiger partial charge in [-0.2, -0.15) is 0 Å². The Bertz CT molecular complexity index is 4580. The van der Waals surface area contributed by atoms with Gasteiger partial charge in [0.25, 0.3) is 0 Å². The van der Waals surface area contributed by atoms with Gasteiger partial charge in [-0.15, -0.1) is 34.6 Å². The number of tetrazole rings is 3. The van der Waals surface area contributed by atoms with Crippen molar-refractivity contribution >= 4 is 58.1 Å². The van der Waals surface area contributed by atoms with E-state index in [1.165, 1.54) is 91.4 Å². The van der Waals surface area contributed by atoms with Crippen molar-refractivity contribution in [1.82, 2.24) is 60.6 Å². The Kier molecular flexibility index (Phi) is 24.9. The lowest BCUT2D eigenvalue weighted by atomic mass is 9.91. The number of hydrogen-bond acceptors (Lipinski definition) is 17. The molecule has 11 rings (SSSR count). The van der Waals surface area contributed by atoms with Crippen LogP contribution >= 0.6 is 0 Å². The van der Waals surface area contributed by atoms with E-state index in [1.807, 2.05) is 12.8 Å². The second-order valence-electron chi connectivity index (χ2n) is 24.0. The maximum Gasteiger partial charge on any atom is 0.306 e. The molecule has 0 saturated heterocycles. The molecule has 0 spiro atoms. The molecule has 3 heterocycles. The van der Waals surface area contributed by atoms with Crippen LogP contribution in [-0.2, 0) is 38.3 Å². The molecule has 2 saturated carbocycles. The lowest BCUT2D eigenvalue weighted by molar-refractivity contribution is -0.144. The topological polar surface area (TPSA) is 269 Å². The van der Waals surface area contributed by atoms with Crippen molar-refractivity contribution < 1.29 is 55.9 Å². The van der Waals surface area contributed by atoms with Gasteiger partial charge in [0, 0.05) is 41.9 Å². The molecule has 3 aromatic heterocycles. The zero-order valence-corrected chi connectivity index (χ0v) is 55.6. The molecule has 23 nitrogen and oxygen atoms in total. The van der Waals surface area contributed by atoms with Crippen molar-refractivity contribution in [3.8, 4) is 54.1 Å². The molecule has 2 fully saturated rings. The summed E-state index contributed by atoms with van der Waals surface area (Å²) < 4.78 is 65.6. The fourth-order valence-corrected chi connectivity index (χ4v) is 12.6. The molecule has 0 N–H and O–H groups in total. The first-order valence-corrected chi connectivity index (χ1v) is 32.3. The van der Waals surface area contributed by atoms with Crippen LogP contribution in [0.4, 0.5) is 34.6 Å². The van der Waals surface area contributed by atoms with E-state index in [1.54, 1.807) is 81.4 Å². The summed E-state index contributed by atoms with van der Waals surface area (Å²) in [7, 11) is 0. The van der Waals surface area contributed by atoms with Crippen LogP contribution in [0.3, 0.4) is 0 Å². The molecular formula is C74H69F4N15O8. The summed E-state index contributed by atoms with van der Waals surface area (Å²) in [4.78, 5) is 94.7. The van der Waals surface area contributed by atoms with E-state index < -0.39 is 70.9 Å². The van der Waals surface area contributed by atoms with Crippen LogP contribution in [0.2, 0.25) is 0 Å². The molecule has 27 heteroatoms. The average Bonchev–Trinajstić information content (AvgIpc) is 0.980. The second kappa shape index (κ2) is 34.4. The highest BCUT2D eigenvalue weighted by atomic mass is 19.2. The summed E-state index contributed by atoms with van der Waals surface area (Å²) >= 11 is 0. The number of anilines is 3. The fourth-order valence-electron chi connectivity index (χ4n) is 12.6. The number of Topliss-reactive ketones (excluding diaryl/α,β-unsaturated/α-hetero) is 3. The summed E-state index contributed by atoms with van der Waals surface area (Å²) in [5.74, 6) is -0.283. The third-order valence-electron chi connectivity index (χ3n) is 17.3. The molecule has 3 unspecified atom stereocenters. The van der Waals surface area contributed by atoms with Crippen molar-refractivity contribution in [2.75, 3.05) is 21.3 Å². The highest BCUT2D eigenvalue weighted by Crippen LogP contribution is 2.39. The van der Waals surface area contributed by atoms with Crippen LogP contribution in [-0.4, -0.2) is 108 Å². The molecule has 2 aliphatic carbocycles. The number of ketones is 3. The Hall–Kier alpha value is -12.2. The number of terminal acetylenes is 3. The number of rotatable bonds is 23. The Morgan fingerprint density at radius 3 is 1.27 bits per heavy atom. The van der Waals surface area contributed by atoms with E-state index >= 15 is 0 Å². The number of aryl methyl sites for hydroxylation is 3. The Morgan fingerprint density at radius 2 is 0.891 bits per heavy atom. The number of hydrogen-bond donors (Lipinski definition) is 0. The van der Waals surface area contributed by atoms with Gasteiger partial charge in [-0.25, -0.2) is 31.6 Å². The number of halogens is 4. The van der Waals surface area contributed by atoms with Crippen LogP contribution in [0.15, 0.2) is 140 Å². The number of ether oxygens (including phenoxy) is 1. The average molecular weight is 1370 g/mol. The standard InChI is InChI=1S/C25H23F2N5O2.C25H24FN5O2.C24H22FN5O4/c1-3-24(34)32(19-9-11-22(16(2)12-19)31-15-28-29-30-31)25(18-8-10-20(26)21(27)14-18)23(33)13-17-6-4-5-7-17;1-3-24(33)31(21-12-13-22(17(2)14-21)30-16-27-28-29-30)25(19-8-10-20(26)11-9-19)23(32)15-18-6-4-5-7-18;1-4-22(32)30(17-10-11-20(16(3)14-17)29-15-26-27-28-29)24(18-8-6-7-9-19(18)25)21(31)12-13-23(33)34-5-2/h1,8-12,14-15,17,25H,4-7,13H2,2H3;1,8-14,16,18,25H,4-7,15H2,2H3;1,6-11,14-15,24H,5,12-13H2,2-3H3. The van der Waals surface area contributed by atoms with E-state index in [0.717, 1.165) is 79.7 Å². The van der Waals surface area contributed by atoms with Crippen molar-refractivity contribution in [3.63, 3.8) is 0 Å². The van der Waals surface area contributed by atoms with Crippen LogP contribution in [0, 0.1) is 92.9 Å². The lowest BCUT2D eigenvalue weighted by Crippen LogP contribution is -2.39. The van der Waals surface area contributed by atoms with Crippen LogP contribution in [0.5, 0.6) is 0 Å². The van der Waals surface area contributed by atoms with Gasteiger partial charge in [0.1, 0.15) is 48.7 Å². The highest BCUT2D eigenvalue weighted by Gasteiger charge is 2.38. The zero-order chi connectivity index (χ0) is 72.3. The summed E-state index contributed by atoms with van der Waals surface area (Å²) in [6, 6.07) is 26.0. The number of carbonyl (C=O) groups excluding carboxylic acids is 7. The molecule has 101 heavy (non-hydrogen) atoms. The van der Waals surface area contributed by atoms with Gasteiger partial charge < -0.3 is 4.74 Å². The monoisotopic (exact) mass is 1370 g/mol. The zero-order valence-electron chi connectivity index (χ0n) is 55.6. The quantitative estimate of drug-likeness (QED) is 0.0327. The third-order valence-corrected chi connectivity index (χ3v) is 17.3. The minimum atomic E-state index is -1.39. The maximum absolute atomic E-state index is 14.8. The fraction of sp³-hybridized carbons (Fsp3) is 0.297. The predicted octanol–water partition coefficient (Wildman–Crippen LogP) is 10.8. The third kappa shape index (κ3) is 18.0. The Labute approximate surface area is 579 Å². The lowest BCUT2D eigenvalue weighted by Gasteiger charge is -2.31. The largest absolute Gasteiger partial charge is 0.466 e. The minimum Gasteiger partial charge on any atom is -0.466 e. The van der Waals surface area contributed by atoms with Crippen LogP contribution in [0.1, 0.15) is 135 Å². The summed E-state index contributed by atoms with van der Waals surface area (Å²) in [6.07, 6.45) is 28.9. The number of nitrogens with zero attached hydrogens (tertiary/aromatic N) is 15. The minimum absolute atomic E-state index is 0.0397. The van der Waals surface area contributed by atoms with Crippen LogP contribution in [0.25, 0.3) is 17.1 Å². The van der Waals surface area contributed by atoms with Crippen molar-refractivity contribution in [2.45, 2.75) is 123 Å². The van der Waals surface area contributed by atoms with E-state index in [9.17, 15) is 51.1 Å². The normalized spacial score (nSPS) is 13.5. The summed E-state index contributed by atoms with van der Waals surface area (Å²) in [5.41, 5.74) is 5.95. The SMILES string of the molecule is C#CC(=O)N(c1ccc(-n2cnnn2)c(C)c1)C(C(=O)CC1CCCC1)c1ccc(F)c(F)c1.C#CC(=O)N(c1ccc(-n2cnnn2)c(C)c1)C(C(=O)CC1CCCC1)c1ccc(F)cc1.C#CC(=O)N(c1ccc(-n2cnnn2)c(C)c1)C(C(=O)CCC(=O)OCC)c1ccccc1F. The first-order valence-electron chi connectivity index (χ1n) is 32.3. The number of aromatic nitrogens is 12. The van der Waals surface area contributed by atoms with Gasteiger partial charge in [-0.1, -0.05) is 87.8 Å². The molecule has 0 bridgehead atoms. The van der Waals surface area contributed by atoms with Gasteiger partial charge in [0.2, 0.25) is 0 Å². The smallest absolute Gasteiger partial charge is 0.306 e. The highest BCUT2D eigenvalue weighted by molar-refractivity contribution is 6.12. The van der Waals surface area contributed by atoms with Crippen molar-refractivity contribution in [3.05, 3.63) is 197 Å². The molecule has 2 aliphatic rings. The van der Waals surface area contributed by atoms with Crippen molar-refractivity contribution in [2.24, 2.45) is 11.8 Å². The molecule has 0 aliphatic heterocycles. The van der Waals surface area contributed by atoms with Gasteiger partial charge in [-0.05, 0) is 201 Å². The van der Waals surface area contributed by atoms with Crippen LogP contribution < -0.4 is 14.7 Å². The van der Waals surface area contributed by atoms with Gasteiger partial charge in [0.05, 0.1) is 30.1 Å². The van der Waals surface area contributed by atoms with Gasteiger partial charge in [-0.3, -0.25) is 48.3 Å². The number of esters is 1. The second-order valence-corrected chi connectivity index (χ2v) is 24.0. The first kappa shape index (κ1) is 73.1. The molecule has 0 radical (unpaired) electrons. The predicted molar refractivity (Wildman–Crippen MR) is 362 cm³/mol. The molecular weight excluding hydrogens is 1300 g/mol. The molecule has 6 aromatic carbocycles.